The number of rotatable bonds is 4. The number of carbonyl (C=O) groups excluding carboxylic acids is 1. The summed E-state index contributed by atoms with van der Waals surface area (Å²) >= 11 is 0. The summed E-state index contributed by atoms with van der Waals surface area (Å²) in [5, 5.41) is 2.65. The minimum absolute atomic E-state index is 0.0401. The Morgan fingerprint density at radius 2 is 2.16 bits per heavy atom. The first kappa shape index (κ1) is 13.7. The van der Waals surface area contributed by atoms with E-state index in [1.165, 1.54) is 11.1 Å². The molecule has 104 valence electrons. The van der Waals surface area contributed by atoms with Crippen molar-refractivity contribution >= 4 is 5.91 Å². The largest absolute Gasteiger partial charge is 0.497 e. The van der Waals surface area contributed by atoms with E-state index in [4.69, 9.17) is 9.47 Å². The van der Waals surface area contributed by atoms with Crippen LogP contribution in [0.3, 0.4) is 0 Å². The van der Waals surface area contributed by atoms with Crippen LogP contribution >= 0.6 is 0 Å². The van der Waals surface area contributed by atoms with Crippen molar-refractivity contribution in [3.05, 3.63) is 23.3 Å². The van der Waals surface area contributed by atoms with Gasteiger partial charge in [-0.25, -0.2) is 0 Å². The van der Waals surface area contributed by atoms with Crippen LogP contribution in [0.5, 0.6) is 11.5 Å². The molecule has 1 heterocycles. The van der Waals surface area contributed by atoms with Gasteiger partial charge in [0, 0.05) is 31.8 Å². The number of ether oxygens (including phenoxy) is 2. The molecule has 5 nitrogen and oxygen atoms in total. The average Bonchev–Trinajstić information content (AvgIpc) is 2.45. The lowest BCUT2D eigenvalue weighted by Gasteiger charge is -2.29. The zero-order valence-electron chi connectivity index (χ0n) is 11.7. The molecule has 0 atom stereocenters. The number of hydrogen-bond acceptors (Lipinski definition) is 4. The lowest BCUT2D eigenvalue weighted by Crippen LogP contribution is -2.38. The lowest BCUT2D eigenvalue weighted by atomic mass is 9.98. The van der Waals surface area contributed by atoms with E-state index in [-0.39, 0.29) is 5.91 Å². The Labute approximate surface area is 113 Å². The number of nitrogens with one attached hydrogen (secondary N) is 1. The Morgan fingerprint density at radius 1 is 1.37 bits per heavy atom. The van der Waals surface area contributed by atoms with Crippen LogP contribution in [-0.2, 0) is 17.8 Å². The highest BCUT2D eigenvalue weighted by atomic mass is 16.5. The van der Waals surface area contributed by atoms with E-state index in [0.29, 0.717) is 6.54 Å². The third-order valence-electron chi connectivity index (χ3n) is 3.45. The van der Waals surface area contributed by atoms with Gasteiger partial charge in [0.15, 0.2) is 0 Å². The highest BCUT2D eigenvalue weighted by Crippen LogP contribution is 2.32. The Kier molecular flexibility index (Phi) is 4.27. The van der Waals surface area contributed by atoms with Crippen molar-refractivity contribution in [2.75, 3.05) is 34.4 Å². The van der Waals surface area contributed by atoms with Gasteiger partial charge in [0.05, 0.1) is 20.8 Å². The summed E-state index contributed by atoms with van der Waals surface area (Å²) in [6, 6.07) is 3.93. The number of hydrogen-bond donors (Lipinski definition) is 1. The smallest absolute Gasteiger partial charge is 0.233 e. The van der Waals surface area contributed by atoms with Crippen LogP contribution in [0.4, 0.5) is 0 Å². The number of amides is 1. The van der Waals surface area contributed by atoms with Crippen LogP contribution in [0.1, 0.15) is 11.1 Å². The number of nitrogens with zero attached hydrogens (tertiary/aromatic N) is 1. The summed E-state index contributed by atoms with van der Waals surface area (Å²) in [6.45, 7) is 2.04. The molecule has 0 bridgehead atoms. The van der Waals surface area contributed by atoms with E-state index >= 15 is 0 Å². The Bertz CT molecular complexity index is 474. The summed E-state index contributed by atoms with van der Waals surface area (Å²) in [5.41, 5.74) is 2.39. The van der Waals surface area contributed by atoms with Crippen LogP contribution in [0.25, 0.3) is 0 Å². The zero-order valence-corrected chi connectivity index (χ0v) is 11.7. The van der Waals surface area contributed by atoms with Gasteiger partial charge in [-0.05, 0) is 18.1 Å². The van der Waals surface area contributed by atoms with Gasteiger partial charge < -0.3 is 14.8 Å². The van der Waals surface area contributed by atoms with Crippen molar-refractivity contribution in [1.29, 1.82) is 0 Å². The number of methoxy groups -OCH3 is 2. The number of benzene rings is 1. The fourth-order valence-electron chi connectivity index (χ4n) is 2.41. The van der Waals surface area contributed by atoms with Crippen molar-refractivity contribution in [2.24, 2.45) is 0 Å². The first-order valence-corrected chi connectivity index (χ1v) is 6.34. The molecule has 0 aliphatic carbocycles. The van der Waals surface area contributed by atoms with E-state index in [1.54, 1.807) is 21.3 Å². The van der Waals surface area contributed by atoms with Gasteiger partial charge in [0.25, 0.3) is 0 Å². The Morgan fingerprint density at radius 3 is 2.79 bits per heavy atom. The highest BCUT2D eigenvalue weighted by molar-refractivity contribution is 5.77. The zero-order chi connectivity index (χ0) is 13.8. The summed E-state index contributed by atoms with van der Waals surface area (Å²) in [6.07, 6.45) is 0.888. The Balaban J connectivity index is 2.21. The summed E-state index contributed by atoms with van der Waals surface area (Å²) in [7, 11) is 4.98. The van der Waals surface area contributed by atoms with Gasteiger partial charge in [-0.2, -0.15) is 0 Å². The third kappa shape index (κ3) is 2.98. The average molecular weight is 264 g/mol. The molecular formula is C14H20N2O3. The van der Waals surface area contributed by atoms with Gasteiger partial charge in [0.2, 0.25) is 5.91 Å². The summed E-state index contributed by atoms with van der Waals surface area (Å²) < 4.78 is 10.7. The number of likely N-dealkylation sites (N-methyl/N-ethyl adjacent to an activating group) is 1. The van der Waals surface area contributed by atoms with Crippen LogP contribution in [0, 0.1) is 0 Å². The summed E-state index contributed by atoms with van der Waals surface area (Å²) in [5.74, 6) is 1.70. The molecule has 2 rings (SSSR count). The van der Waals surface area contributed by atoms with Crippen molar-refractivity contribution in [2.45, 2.75) is 13.0 Å². The molecule has 19 heavy (non-hydrogen) atoms. The maximum absolute atomic E-state index is 11.4. The van der Waals surface area contributed by atoms with Crippen molar-refractivity contribution in [3.63, 3.8) is 0 Å². The van der Waals surface area contributed by atoms with Gasteiger partial charge in [-0.3, -0.25) is 9.69 Å². The first-order valence-electron chi connectivity index (χ1n) is 6.34. The fraction of sp³-hybridized carbons (Fsp3) is 0.500. The normalized spacial score (nSPS) is 14.7. The van der Waals surface area contributed by atoms with Crippen LogP contribution in [0.15, 0.2) is 12.1 Å². The van der Waals surface area contributed by atoms with E-state index in [9.17, 15) is 4.79 Å². The molecule has 0 saturated carbocycles. The predicted molar refractivity (Wildman–Crippen MR) is 72.6 cm³/mol. The maximum atomic E-state index is 11.4. The lowest BCUT2D eigenvalue weighted by molar-refractivity contribution is -0.121. The third-order valence-corrected chi connectivity index (χ3v) is 3.45. The van der Waals surface area contributed by atoms with Crippen LogP contribution in [-0.4, -0.2) is 45.2 Å². The second-order valence-electron chi connectivity index (χ2n) is 4.60. The van der Waals surface area contributed by atoms with E-state index in [2.05, 4.69) is 10.2 Å². The minimum Gasteiger partial charge on any atom is -0.497 e. The molecule has 0 aromatic heterocycles. The van der Waals surface area contributed by atoms with Crippen LogP contribution in [0.2, 0.25) is 0 Å². The first-order chi connectivity index (χ1) is 9.17. The molecule has 0 radical (unpaired) electrons. The quantitative estimate of drug-likeness (QED) is 0.874. The van der Waals surface area contributed by atoms with Crippen molar-refractivity contribution in [1.82, 2.24) is 10.2 Å². The van der Waals surface area contributed by atoms with E-state index in [0.717, 1.165) is 31.0 Å². The van der Waals surface area contributed by atoms with Gasteiger partial charge in [-0.1, -0.05) is 0 Å². The molecule has 1 aliphatic rings. The topological polar surface area (TPSA) is 50.8 Å². The van der Waals surface area contributed by atoms with Crippen molar-refractivity contribution in [3.8, 4) is 11.5 Å². The number of fused-ring (bicyclic) bond motifs is 1. The second-order valence-corrected chi connectivity index (χ2v) is 4.60. The molecule has 0 saturated heterocycles. The van der Waals surface area contributed by atoms with Gasteiger partial charge >= 0.3 is 0 Å². The van der Waals surface area contributed by atoms with E-state index < -0.39 is 0 Å². The summed E-state index contributed by atoms with van der Waals surface area (Å²) in [4.78, 5) is 13.6. The molecule has 5 heteroatoms. The second kappa shape index (κ2) is 5.93. The molecule has 0 spiro atoms. The molecule has 1 aromatic carbocycles. The Hall–Kier alpha value is -1.75. The molecule has 0 fully saturated rings. The standard InChI is InChI=1S/C14H20N2O3/c1-15-14(17)9-16-5-4-12-10(8-16)6-11(18-2)7-13(12)19-3/h6-7H,4-5,8-9H2,1-3H3,(H,15,17). The van der Waals surface area contributed by atoms with Gasteiger partial charge in [0.1, 0.15) is 11.5 Å². The van der Waals surface area contributed by atoms with E-state index in [1.807, 2.05) is 12.1 Å². The van der Waals surface area contributed by atoms with Crippen molar-refractivity contribution < 1.29 is 14.3 Å². The minimum atomic E-state index is 0.0401. The fourth-order valence-corrected chi connectivity index (χ4v) is 2.41. The number of carbonyl (C=O) groups is 1. The molecule has 1 amide bonds. The SMILES string of the molecule is CNC(=O)CN1CCc2c(cc(OC)cc2OC)C1. The molecule has 1 aliphatic heterocycles. The predicted octanol–water partition coefficient (Wildman–Crippen LogP) is 0.808. The monoisotopic (exact) mass is 264 g/mol. The maximum Gasteiger partial charge on any atom is 0.233 e. The molecule has 1 aromatic rings. The molecule has 0 unspecified atom stereocenters. The highest BCUT2D eigenvalue weighted by Gasteiger charge is 2.21. The molecular weight excluding hydrogens is 244 g/mol. The van der Waals surface area contributed by atoms with Crippen LogP contribution < -0.4 is 14.8 Å². The molecule has 1 N–H and O–H groups in total. The van der Waals surface area contributed by atoms with Gasteiger partial charge in [-0.15, -0.1) is 0 Å².